The van der Waals surface area contributed by atoms with Gasteiger partial charge in [-0.1, -0.05) is 0 Å². The molecular formula is C18H34N2O. The van der Waals surface area contributed by atoms with Gasteiger partial charge in [-0.05, 0) is 75.7 Å². The molecule has 0 aromatic rings. The number of nitrogens with zero attached hydrogens (tertiary/aromatic N) is 1. The van der Waals surface area contributed by atoms with E-state index in [2.05, 4.69) is 24.2 Å². The molecule has 21 heavy (non-hydrogen) atoms. The van der Waals surface area contributed by atoms with E-state index in [1.807, 2.05) is 0 Å². The molecule has 0 heterocycles. The van der Waals surface area contributed by atoms with Crippen molar-refractivity contribution in [2.24, 2.45) is 23.2 Å². The predicted molar refractivity (Wildman–Crippen MR) is 87.4 cm³/mol. The zero-order chi connectivity index (χ0) is 14.9. The first-order valence-electron chi connectivity index (χ1n) is 9.02. The lowest BCUT2D eigenvalue weighted by Gasteiger charge is -2.59. The van der Waals surface area contributed by atoms with E-state index in [0.717, 1.165) is 44.0 Å². The number of methoxy groups -OCH3 is 1. The SMILES string of the molecule is COCCN(C)CCNC(C)C12CC3CC(CC(C3)C1)C2. The van der Waals surface area contributed by atoms with Gasteiger partial charge >= 0.3 is 0 Å². The maximum Gasteiger partial charge on any atom is 0.0589 e. The van der Waals surface area contributed by atoms with Crippen molar-refractivity contribution in [1.82, 2.24) is 10.2 Å². The topological polar surface area (TPSA) is 24.5 Å². The van der Waals surface area contributed by atoms with Gasteiger partial charge in [-0.2, -0.15) is 0 Å². The molecule has 1 atom stereocenters. The fourth-order valence-corrected chi connectivity index (χ4v) is 5.76. The zero-order valence-corrected chi connectivity index (χ0v) is 14.2. The maximum absolute atomic E-state index is 5.14. The second kappa shape index (κ2) is 6.55. The molecule has 3 heteroatoms. The molecule has 4 saturated carbocycles. The summed E-state index contributed by atoms with van der Waals surface area (Å²) in [5.74, 6) is 3.18. The van der Waals surface area contributed by atoms with Crippen molar-refractivity contribution in [3.8, 4) is 0 Å². The second-order valence-corrected chi connectivity index (χ2v) is 8.25. The van der Waals surface area contributed by atoms with E-state index in [-0.39, 0.29) is 0 Å². The summed E-state index contributed by atoms with van der Waals surface area (Å²) in [4.78, 5) is 2.36. The molecule has 1 unspecified atom stereocenters. The van der Waals surface area contributed by atoms with Gasteiger partial charge in [-0.3, -0.25) is 0 Å². The first-order valence-corrected chi connectivity index (χ1v) is 9.02. The van der Waals surface area contributed by atoms with Crippen LogP contribution in [-0.4, -0.2) is 51.3 Å². The third-order valence-corrected chi connectivity index (χ3v) is 6.63. The summed E-state index contributed by atoms with van der Waals surface area (Å²) in [5, 5.41) is 3.86. The van der Waals surface area contributed by atoms with Gasteiger partial charge in [0, 0.05) is 32.8 Å². The molecule has 1 N–H and O–H groups in total. The molecule has 4 aliphatic carbocycles. The summed E-state index contributed by atoms with van der Waals surface area (Å²) in [6.45, 7) is 6.57. The van der Waals surface area contributed by atoms with E-state index >= 15 is 0 Å². The standard InChI is InChI=1S/C18H34N2O/c1-14(19-4-5-20(2)6-7-21-3)18-11-15-8-16(12-18)10-17(9-15)13-18/h14-17,19H,4-13H2,1-3H3. The Balaban J connectivity index is 1.46. The van der Waals surface area contributed by atoms with Gasteiger partial charge in [0.15, 0.2) is 0 Å². The number of hydrogen-bond donors (Lipinski definition) is 1. The number of rotatable bonds is 8. The van der Waals surface area contributed by atoms with E-state index in [1.165, 1.54) is 19.3 Å². The summed E-state index contributed by atoms with van der Waals surface area (Å²) >= 11 is 0. The highest BCUT2D eigenvalue weighted by molar-refractivity contribution is 5.05. The Morgan fingerprint density at radius 1 is 1.10 bits per heavy atom. The minimum atomic E-state index is 0.639. The summed E-state index contributed by atoms with van der Waals surface area (Å²) in [5.41, 5.74) is 0.639. The van der Waals surface area contributed by atoms with Crippen LogP contribution in [0.3, 0.4) is 0 Å². The van der Waals surface area contributed by atoms with Gasteiger partial charge in [0.2, 0.25) is 0 Å². The fourth-order valence-electron chi connectivity index (χ4n) is 5.76. The van der Waals surface area contributed by atoms with Gasteiger partial charge < -0.3 is 15.0 Å². The van der Waals surface area contributed by atoms with Crippen molar-refractivity contribution in [3.05, 3.63) is 0 Å². The van der Waals surface area contributed by atoms with E-state index < -0.39 is 0 Å². The molecule has 0 saturated heterocycles. The van der Waals surface area contributed by atoms with Crippen LogP contribution in [-0.2, 0) is 4.74 Å². The third-order valence-electron chi connectivity index (χ3n) is 6.63. The normalized spacial score (nSPS) is 39.1. The van der Waals surface area contributed by atoms with Crippen LogP contribution in [0.4, 0.5) is 0 Å². The van der Waals surface area contributed by atoms with Gasteiger partial charge in [-0.25, -0.2) is 0 Å². The maximum atomic E-state index is 5.14. The minimum absolute atomic E-state index is 0.639. The van der Waals surface area contributed by atoms with E-state index in [9.17, 15) is 0 Å². The summed E-state index contributed by atoms with van der Waals surface area (Å²) in [6.07, 6.45) is 9.16. The zero-order valence-electron chi connectivity index (χ0n) is 14.2. The average Bonchev–Trinajstić information content (AvgIpc) is 2.43. The fraction of sp³-hybridized carbons (Fsp3) is 1.00. The second-order valence-electron chi connectivity index (χ2n) is 8.25. The molecule has 0 aromatic heterocycles. The van der Waals surface area contributed by atoms with Crippen molar-refractivity contribution in [1.29, 1.82) is 0 Å². The van der Waals surface area contributed by atoms with Crippen molar-refractivity contribution in [2.75, 3.05) is 40.4 Å². The van der Waals surface area contributed by atoms with Gasteiger partial charge in [-0.15, -0.1) is 0 Å². The van der Waals surface area contributed by atoms with Crippen LogP contribution in [0.25, 0.3) is 0 Å². The molecule has 122 valence electrons. The van der Waals surface area contributed by atoms with Crippen LogP contribution >= 0.6 is 0 Å². The first-order chi connectivity index (χ1) is 10.1. The van der Waals surface area contributed by atoms with Crippen LogP contribution in [0.2, 0.25) is 0 Å². The summed E-state index contributed by atoms with van der Waals surface area (Å²) in [7, 11) is 3.97. The number of ether oxygens (including phenoxy) is 1. The van der Waals surface area contributed by atoms with Crippen LogP contribution < -0.4 is 5.32 Å². The van der Waals surface area contributed by atoms with Crippen molar-refractivity contribution in [2.45, 2.75) is 51.5 Å². The summed E-state index contributed by atoms with van der Waals surface area (Å²) in [6, 6.07) is 0.696. The Morgan fingerprint density at radius 3 is 2.19 bits per heavy atom. The molecule has 0 spiro atoms. The smallest absolute Gasteiger partial charge is 0.0589 e. The van der Waals surface area contributed by atoms with E-state index in [0.29, 0.717) is 11.5 Å². The Kier molecular flexibility index (Phi) is 4.92. The van der Waals surface area contributed by atoms with Gasteiger partial charge in [0.25, 0.3) is 0 Å². The van der Waals surface area contributed by atoms with Crippen LogP contribution in [0.15, 0.2) is 0 Å². The lowest BCUT2D eigenvalue weighted by Crippen LogP contribution is -2.55. The monoisotopic (exact) mass is 294 g/mol. The van der Waals surface area contributed by atoms with Crippen LogP contribution in [0.5, 0.6) is 0 Å². The van der Waals surface area contributed by atoms with Crippen molar-refractivity contribution < 1.29 is 4.74 Å². The number of likely N-dealkylation sites (N-methyl/N-ethyl adjacent to an activating group) is 1. The van der Waals surface area contributed by atoms with Gasteiger partial charge in [0.05, 0.1) is 6.61 Å². The lowest BCUT2D eigenvalue weighted by atomic mass is 9.48. The summed E-state index contributed by atoms with van der Waals surface area (Å²) < 4.78 is 5.14. The van der Waals surface area contributed by atoms with Crippen molar-refractivity contribution in [3.63, 3.8) is 0 Å². The van der Waals surface area contributed by atoms with Crippen LogP contribution in [0.1, 0.15) is 45.4 Å². The van der Waals surface area contributed by atoms with Gasteiger partial charge in [0.1, 0.15) is 0 Å². The Morgan fingerprint density at radius 2 is 1.67 bits per heavy atom. The van der Waals surface area contributed by atoms with E-state index in [4.69, 9.17) is 4.74 Å². The van der Waals surface area contributed by atoms with Crippen molar-refractivity contribution >= 4 is 0 Å². The minimum Gasteiger partial charge on any atom is -0.383 e. The Labute approximate surface area is 130 Å². The molecular weight excluding hydrogens is 260 g/mol. The molecule has 4 rings (SSSR count). The molecule has 0 aromatic carbocycles. The largest absolute Gasteiger partial charge is 0.383 e. The third kappa shape index (κ3) is 3.46. The Bertz CT molecular complexity index is 309. The number of nitrogens with one attached hydrogen (secondary N) is 1. The predicted octanol–water partition coefficient (Wildman–Crippen LogP) is 2.76. The molecule has 0 aliphatic heterocycles. The Hall–Kier alpha value is -0.120. The first kappa shape index (κ1) is 15.8. The highest BCUT2D eigenvalue weighted by atomic mass is 16.5. The van der Waals surface area contributed by atoms with E-state index in [1.54, 1.807) is 26.4 Å². The molecule has 4 aliphatic rings. The molecule has 4 bridgehead atoms. The highest BCUT2D eigenvalue weighted by Gasteiger charge is 2.52. The molecule has 0 amide bonds. The quantitative estimate of drug-likeness (QED) is 0.745. The van der Waals surface area contributed by atoms with Crippen LogP contribution in [0, 0.1) is 23.2 Å². The highest BCUT2D eigenvalue weighted by Crippen LogP contribution is 2.61. The molecule has 3 nitrogen and oxygen atoms in total. The molecule has 0 radical (unpaired) electrons. The number of hydrogen-bond acceptors (Lipinski definition) is 3. The average molecular weight is 294 g/mol. The molecule has 4 fully saturated rings. The lowest BCUT2D eigenvalue weighted by molar-refractivity contribution is -0.0704.